The fraction of sp³-hybridized carbons (Fsp3) is 0.185. The molecule has 0 atom stereocenters. The second-order valence-corrected chi connectivity index (χ2v) is 8.25. The number of nitrogens with one attached hydrogen (secondary N) is 1. The number of aromatic amines is 1. The van der Waals surface area contributed by atoms with E-state index in [0.717, 1.165) is 58.0 Å². The molecule has 3 aromatic heterocycles. The molecule has 3 heterocycles. The number of hydrogen-bond acceptors (Lipinski definition) is 4. The molecule has 0 saturated carbocycles. The molecule has 0 bridgehead atoms. The molecule has 0 spiro atoms. The Hall–Kier alpha value is -3.86. The van der Waals surface area contributed by atoms with E-state index in [2.05, 4.69) is 77.3 Å². The van der Waals surface area contributed by atoms with E-state index in [-0.39, 0.29) is 0 Å². The topological polar surface area (TPSA) is 67.3 Å². The van der Waals surface area contributed by atoms with E-state index >= 15 is 0 Å². The Morgan fingerprint density at radius 2 is 1.59 bits per heavy atom. The van der Waals surface area contributed by atoms with Crippen LogP contribution in [0.15, 0.2) is 79.1 Å². The summed E-state index contributed by atoms with van der Waals surface area (Å²) in [4.78, 5) is 22.4. The molecule has 5 aromatic rings. The first kappa shape index (κ1) is 20.1. The summed E-state index contributed by atoms with van der Waals surface area (Å²) in [6.07, 6.45) is 5.19. The Balaban J connectivity index is 1.58. The van der Waals surface area contributed by atoms with E-state index in [1.165, 1.54) is 5.56 Å². The van der Waals surface area contributed by atoms with Crippen molar-refractivity contribution in [1.82, 2.24) is 24.9 Å². The summed E-state index contributed by atoms with van der Waals surface area (Å²) in [5.41, 5.74) is 7.85. The lowest BCUT2D eigenvalue weighted by Crippen LogP contribution is -1.95. The first-order valence-corrected chi connectivity index (χ1v) is 11.0. The SMILES string of the molecule is CC(C)c1cccc(-c2[nH]c(CCc3ccccc3)nc2-c2ccc3nccnc3c2)n1. The van der Waals surface area contributed by atoms with Gasteiger partial charge in [0.1, 0.15) is 5.82 Å². The smallest absolute Gasteiger partial charge is 0.107 e. The minimum absolute atomic E-state index is 0.356. The molecule has 0 amide bonds. The van der Waals surface area contributed by atoms with E-state index in [4.69, 9.17) is 9.97 Å². The van der Waals surface area contributed by atoms with Gasteiger partial charge in [0.15, 0.2) is 0 Å². The number of hydrogen-bond donors (Lipinski definition) is 1. The molecule has 0 aliphatic heterocycles. The van der Waals surface area contributed by atoms with E-state index in [0.29, 0.717) is 5.92 Å². The predicted molar refractivity (Wildman–Crippen MR) is 128 cm³/mol. The molecular weight excluding hydrogens is 394 g/mol. The zero-order valence-electron chi connectivity index (χ0n) is 18.3. The molecule has 158 valence electrons. The monoisotopic (exact) mass is 419 g/mol. The molecule has 0 radical (unpaired) electrons. The van der Waals surface area contributed by atoms with Crippen molar-refractivity contribution in [2.75, 3.05) is 0 Å². The van der Waals surface area contributed by atoms with Crippen LogP contribution in [0.5, 0.6) is 0 Å². The molecular formula is C27H25N5. The largest absolute Gasteiger partial charge is 0.340 e. The summed E-state index contributed by atoms with van der Waals surface area (Å²) in [6, 6.07) is 22.8. The zero-order chi connectivity index (χ0) is 21.9. The predicted octanol–water partition coefficient (Wildman–Crippen LogP) is 5.99. The highest BCUT2D eigenvalue weighted by atomic mass is 15.0. The quantitative estimate of drug-likeness (QED) is 0.367. The Kier molecular flexibility index (Phi) is 5.46. The molecule has 0 fully saturated rings. The minimum Gasteiger partial charge on any atom is -0.340 e. The summed E-state index contributed by atoms with van der Waals surface area (Å²) in [5, 5.41) is 0. The van der Waals surface area contributed by atoms with Crippen LogP contribution in [-0.2, 0) is 12.8 Å². The van der Waals surface area contributed by atoms with Crippen LogP contribution in [0.4, 0.5) is 0 Å². The zero-order valence-corrected chi connectivity index (χ0v) is 18.3. The minimum atomic E-state index is 0.356. The highest BCUT2D eigenvalue weighted by Crippen LogP contribution is 2.31. The fourth-order valence-electron chi connectivity index (χ4n) is 3.87. The maximum atomic E-state index is 5.01. The number of nitrogens with zero attached hydrogens (tertiary/aromatic N) is 4. The molecule has 5 rings (SSSR count). The van der Waals surface area contributed by atoms with Crippen molar-refractivity contribution in [2.45, 2.75) is 32.6 Å². The lowest BCUT2D eigenvalue weighted by molar-refractivity contribution is 0.824. The lowest BCUT2D eigenvalue weighted by atomic mass is 10.1. The van der Waals surface area contributed by atoms with Crippen LogP contribution in [0.3, 0.4) is 0 Å². The third-order valence-corrected chi connectivity index (χ3v) is 5.61. The molecule has 0 aliphatic carbocycles. The Morgan fingerprint density at radius 3 is 2.41 bits per heavy atom. The van der Waals surface area contributed by atoms with Gasteiger partial charge in [-0.2, -0.15) is 0 Å². The van der Waals surface area contributed by atoms with Gasteiger partial charge >= 0.3 is 0 Å². The highest BCUT2D eigenvalue weighted by molar-refractivity contribution is 5.84. The van der Waals surface area contributed by atoms with Gasteiger partial charge in [-0.1, -0.05) is 56.3 Å². The molecule has 32 heavy (non-hydrogen) atoms. The third kappa shape index (κ3) is 4.14. The first-order valence-electron chi connectivity index (χ1n) is 11.0. The van der Waals surface area contributed by atoms with Crippen molar-refractivity contribution in [3.63, 3.8) is 0 Å². The second-order valence-electron chi connectivity index (χ2n) is 8.25. The van der Waals surface area contributed by atoms with Gasteiger partial charge in [-0.3, -0.25) is 15.0 Å². The van der Waals surface area contributed by atoms with E-state index in [9.17, 15) is 0 Å². The van der Waals surface area contributed by atoms with Gasteiger partial charge < -0.3 is 4.98 Å². The van der Waals surface area contributed by atoms with E-state index < -0.39 is 0 Å². The summed E-state index contributed by atoms with van der Waals surface area (Å²) in [5.74, 6) is 1.31. The van der Waals surface area contributed by atoms with Gasteiger partial charge in [0.05, 0.1) is 28.1 Å². The van der Waals surface area contributed by atoms with Gasteiger partial charge in [0.25, 0.3) is 0 Å². The van der Waals surface area contributed by atoms with Crippen LogP contribution >= 0.6 is 0 Å². The third-order valence-electron chi connectivity index (χ3n) is 5.61. The molecule has 0 aliphatic rings. The Labute approximate surface area is 187 Å². The molecule has 5 heteroatoms. The van der Waals surface area contributed by atoms with Crippen LogP contribution in [0, 0.1) is 0 Å². The van der Waals surface area contributed by atoms with Crippen LogP contribution in [-0.4, -0.2) is 24.9 Å². The van der Waals surface area contributed by atoms with Crippen LogP contribution < -0.4 is 0 Å². The fourth-order valence-corrected chi connectivity index (χ4v) is 3.87. The maximum Gasteiger partial charge on any atom is 0.107 e. The number of aromatic nitrogens is 5. The molecule has 2 aromatic carbocycles. The van der Waals surface area contributed by atoms with Crippen molar-refractivity contribution < 1.29 is 0 Å². The average molecular weight is 420 g/mol. The van der Waals surface area contributed by atoms with Crippen LogP contribution in [0.1, 0.15) is 36.8 Å². The molecule has 5 nitrogen and oxygen atoms in total. The van der Waals surface area contributed by atoms with Crippen molar-refractivity contribution in [3.8, 4) is 22.6 Å². The van der Waals surface area contributed by atoms with Crippen molar-refractivity contribution >= 4 is 11.0 Å². The molecule has 0 saturated heterocycles. The standard InChI is InChI=1S/C27H25N5/c1-18(2)21-9-6-10-23(30-21)27-26(20-12-13-22-24(17-20)29-16-15-28-22)31-25(32-27)14-11-19-7-4-3-5-8-19/h3-10,12-13,15-18H,11,14H2,1-2H3,(H,31,32). The first-order chi connectivity index (χ1) is 15.7. The summed E-state index contributed by atoms with van der Waals surface area (Å²) < 4.78 is 0. The molecule has 0 unspecified atom stereocenters. The number of benzene rings is 2. The van der Waals surface area contributed by atoms with Crippen LogP contribution in [0.25, 0.3) is 33.7 Å². The van der Waals surface area contributed by atoms with Gasteiger partial charge in [-0.05, 0) is 42.2 Å². The highest BCUT2D eigenvalue weighted by Gasteiger charge is 2.17. The summed E-state index contributed by atoms with van der Waals surface area (Å²) in [6.45, 7) is 4.32. The number of rotatable bonds is 6. The average Bonchev–Trinajstić information content (AvgIpc) is 3.27. The van der Waals surface area contributed by atoms with Crippen LogP contribution in [0.2, 0.25) is 0 Å². The van der Waals surface area contributed by atoms with Crippen molar-refractivity contribution in [3.05, 3.63) is 96.2 Å². The van der Waals surface area contributed by atoms with Gasteiger partial charge in [0, 0.05) is 30.1 Å². The van der Waals surface area contributed by atoms with Gasteiger partial charge in [-0.15, -0.1) is 0 Å². The van der Waals surface area contributed by atoms with Gasteiger partial charge in [-0.25, -0.2) is 4.98 Å². The number of fused-ring (bicyclic) bond motifs is 1. The van der Waals surface area contributed by atoms with E-state index in [1.54, 1.807) is 12.4 Å². The van der Waals surface area contributed by atoms with Gasteiger partial charge in [0.2, 0.25) is 0 Å². The van der Waals surface area contributed by atoms with Crippen molar-refractivity contribution in [2.24, 2.45) is 0 Å². The molecule has 1 N–H and O–H groups in total. The number of imidazole rings is 1. The summed E-state index contributed by atoms with van der Waals surface area (Å²) in [7, 11) is 0. The Morgan fingerprint density at radius 1 is 0.781 bits per heavy atom. The van der Waals surface area contributed by atoms with Crippen molar-refractivity contribution in [1.29, 1.82) is 0 Å². The Bertz CT molecular complexity index is 1360. The van der Waals surface area contributed by atoms with E-state index in [1.807, 2.05) is 18.2 Å². The summed E-state index contributed by atoms with van der Waals surface area (Å²) >= 11 is 0. The maximum absolute atomic E-state index is 5.01. The lowest BCUT2D eigenvalue weighted by Gasteiger charge is -2.08. The normalized spacial score (nSPS) is 11.3. The number of aryl methyl sites for hydroxylation is 2. The number of H-pyrrole nitrogens is 1. The number of pyridine rings is 1. The second kappa shape index (κ2) is 8.71.